The molecule has 172 valence electrons. The number of ether oxygens (including phenoxy) is 1. The first-order valence-electron chi connectivity index (χ1n) is 10.9. The number of rotatable bonds is 5. The first-order valence-corrected chi connectivity index (χ1v) is 10.9. The summed E-state index contributed by atoms with van der Waals surface area (Å²) < 4.78 is 36.1. The van der Waals surface area contributed by atoms with E-state index in [4.69, 9.17) is 4.74 Å². The van der Waals surface area contributed by atoms with Gasteiger partial charge in [-0.05, 0) is 18.2 Å². The summed E-state index contributed by atoms with van der Waals surface area (Å²) in [7, 11) is 0. The summed E-state index contributed by atoms with van der Waals surface area (Å²) in [6, 6.07) is 7.79. The van der Waals surface area contributed by atoms with E-state index in [1.54, 1.807) is 18.3 Å². The lowest BCUT2D eigenvalue weighted by Gasteiger charge is -2.19. The molecular weight excluding hydrogens is 444 g/mol. The summed E-state index contributed by atoms with van der Waals surface area (Å²) in [4.78, 5) is 18.0. The van der Waals surface area contributed by atoms with Crippen molar-refractivity contribution in [3.05, 3.63) is 59.7 Å². The Bertz CT molecular complexity index is 1290. The molecule has 1 aromatic carbocycles. The fourth-order valence-corrected chi connectivity index (χ4v) is 5.42. The van der Waals surface area contributed by atoms with Crippen LogP contribution < -0.4 is 10.2 Å². The number of aromatic nitrogens is 4. The number of halogens is 2. The molecule has 1 saturated carbocycles. The van der Waals surface area contributed by atoms with Crippen LogP contribution in [0, 0.1) is 34.8 Å². The monoisotopic (exact) mass is 463 g/mol. The second-order valence-corrected chi connectivity index (χ2v) is 8.84. The smallest absolute Gasteiger partial charge is 0.414 e. The summed E-state index contributed by atoms with van der Waals surface area (Å²) in [6.45, 7) is 1.47. The maximum atomic E-state index is 15.4. The third-order valence-corrected chi connectivity index (χ3v) is 7.05. The number of hydrogen-bond acceptors (Lipinski definition) is 7. The fourth-order valence-electron chi connectivity index (χ4n) is 5.42. The number of hydrogen-bond donors (Lipinski definition) is 2. The van der Waals surface area contributed by atoms with Crippen LogP contribution in [0.25, 0.3) is 11.1 Å². The number of H-pyrrole nitrogens is 1. The minimum Gasteiger partial charge on any atom is -0.444 e. The Balaban J connectivity index is 1.33. The van der Waals surface area contributed by atoms with E-state index in [2.05, 4.69) is 31.8 Å². The third kappa shape index (κ3) is 2.99. The number of pyridine rings is 1. The van der Waals surface area contributed by atoms with E-state index in [0.29, 0.717) is 30.9 Å². The van der Waals surface area contributed by atoms with Crippen molar-refractivity contribution in [2.45, 2.75) is 17.9 Å². The highest BCUT2D eigenvalue weighted by atomic mass is 19.1. The Morgan fingerprint density at radius 1 is 1.26 bits per heavy atom. The van der Waals surface area contributed by atoms with E-state index in [1.807, 2.05) is 0 Å². The maximum absolute atomic E-state index is 15.4. The van der Waals surface area contributed by atoms with Gasteiger partial charge in [0.1, 0.15) is 23.2 Å². The molecule has 0 bridgehead atoms. The zero-order valence-corrected chi connectivity index (χ0v) is 17.8. The van der Waals surface area contributed by atoms with Gasteiger partial charge < -0.3 is 10.1 Å². The van der Waals surface area contributed by atoms with Crippen LogP contribution in [-0.4, -0.2) is 52.2 Å². The van der Waals surface area contributed by atoms with E-state index >= 15 is 8.78 Å². The number of piperidine rings is 1. The molecule has 2 aromatic heterocycles. The SMILES string of the molecule is N#CC1(c2ncccc2-c2c(F)cc(N3C[C@@H](Cc4cnn[nH]4)OC3=O)cc2F)C2CNCC21. The van der Waals surface area contributed by atoms with Gasteiger partial charge in [0.2, 0.25) is 0 Å². The molecule has 2 saturated heterocycles. The molecular formula is C23H19F2N7O2. The van der Waals surface area contributed by atoms with Crippen molar-refractivity contribution in [2.75, 3.05) is 24.5 Å². The average molecular weight is 463 g/mol. The molecule has 1 aliphatic carbocycles. The van der Waals surface area contributed by atoms with Gasteiger partial charge in [0, 0.05) is 43.1 Å². The molecule has 11 heteroatoms. The summed E-state index contributed by atoms with van der Waals surface area (Å²) in [6.07, 6.45) is 2.22. The summed E-state index contributed by atoms with van der Waals surface area (Å²) in [5.74, 6) is -1.54. The number of amides is 1. The lowest BCUT2D eigenvalue weighted by molar-refractivity contribution is 0.141. The average Bonchev–Trinajstić information content (AvgIpc) is 3.34. The number of carbonyl (C=O) groups is 1. The number of carbonyl (C=O) groups excluding carboxylic acids is 1. The normalized spacial score (nSPS) is 27.4. The molecule has 9 nitrogen and oxygen atoms in total. The standard InChI is InChI=1S/C23H19F2N7O2/c24-18-5-13(32-10-14(34-22(32)33)4-12-7-29-31-30-12)6-19(25)20(18)15-2-1-3-28-21(15)23(11-26)16-8-27-9-17(16)23/h1-3,5-7,14,16-17,27H,4,8-10H2,(H,29,30,31)/t14-,16?,17?,23?/m1/s1. The van der Waals surface area contributed by atoms with Crippen molar-refractivity contribution in [1.82, 2.24) is 25.7 Å². The van der Waals surface area contributed by atoms with E-state index < -0.39 is 29.2 Å². The minimum atomic E-state index is -0.854. The number of nitriles is 1. The molecule has 3 atom stereocenters. The zero-order chi connectivity index (χ0) is 23.4. The Morgan fingerprint density at radius 2 is 2.03 bits per heavy atom. The Morgan fingerprint density at radius 3 is 2.71 bits per heavy atom. The molecule has 1 amide bonds. The quantitative estimate of drug-likeness (QED) is 0.596. The number of nitrogens with zero attached hydrogens (tertiary/aromatic N) is 5. The van der Waals surface area contributed by atoms with Crippen LogP contribution in [0.3, 0.4) is 0 Å². The van der Waals surface area contributed by atoms with Gasteiger partial charge in [-0.25, -0.2) is 13.6 Å². The third-order valence-electron chi connectivity index (χ3n) is 7.05. The molecule has 0 spiro atoms. The number of aromatic amines is 1. The van der Waals surface area contributed by atoms with Gasteiger partial charge in [-0.2, -0.15) is 5.26 Å². The van der Waals surface area contributed by atoms with Gasteiger partial charge in [0.15, 0.2) is 0 Å². The van der Waals surface area contributed by atoms with E-state index in [9.17, 15) is 10.1 Å². The maximum Gasteiger partial charge on any atom is 0.414 e. The van der Waals surface area contributed by atoms with Gasteiger partial charge >= 0.3 is 6.09 Å². The molecule has 0 radical (unpaired) electrons. The van der Waals surface area contributed by atoms with Gasteiger partial charge in [0.25, 0.3) is 0 Å². The fraction of sp³-hybridized carbons (Fsp3) is 0.348. The summed E-state index contributed by atoms with van der Waals surface area (Å²) >= 11 is 0. The van der Waals surface area contributed by atoms with Crippen LogP contribution in [0.1, 0.15) is 11.4 Å². The Kier molecular flexibility index (Phi) is 4.60. The van der Waals surface area contributed by atoms with Crippen molar-refractivity contribution >= 4 is 11.8 Å². The number of cyclic esters (lactones) is 1. The largest absolute Gasteiger partial charge is 0.444 e. The highest BCUT2D eigenvalue weighted by Crippen LogP contribution is 2.62. The lowest BCUT2D eigenvalue weighted by Crippen LogP contribution is -2.26. The van der Waals surface area contributed by atoms with E-state index in [-0.39, 0.29) is 35.2 Å². The van der Waals surface area contributed by atoms with Gasteiger partial charge in [0.05, 0.1) is 41.4 Å². The minimum absolute atomic E-state index is 0.0573. The molecule has 34 heavy (non-hydrogen) atoms. The van der Waals surface area contributed by atoms with Crippen LogP contribution >= 0.6 is 0 Å². The summed E-state index contributed by atoms with van der Waals surface area (Å²) in [5, 5.41) is 23.2. The predicted octanol–water partition coefficient (Wildman–Crippen LogP) is 2.32. The van der Waals surface area contributed by atoms with Crippen molar-refractivity contribution < 1.29 is 18.3 Å². The summed E-state index contributed by atoms with van der Waals surface area (Å²) in [5.41, 5.74) is 0.284. The molecule has 3 fully saturated rings. The van der Waals surface area contributed by atoms with Gasteiger partial charge in [-0.15, -0.1) is 5.10 Å². The van der Waals surface area contributed by atoms with Crippen LogP contribution in [0.4, 0.5) is 19.3 Å². The highest BCUT2D eigenvalue weighted by Gasteiger charge is 2.69. The Hall–Kier alpha value is -3.91. The molecule has 2 N–H and O–H groups in total. The van der Waals surface area contributed by atoms with Gasteiger partial charge in [-0.1, -0.05) is 11.3 Å². The first kappa shape index (κ1) is 20.7. The van der Waals surface area contributed by atoms with E-state index in [0.717, 1.165) is 12.1 Å². The second-order valence-electron chi connectivity index (χ2n) is 8.84. The van der Waals surface area contributed by atoms with Gasteiger partial charge in [-0.3, -0.25) is 15.0 Å². The topological polar surface area (TPSA) is 120 Å². The first-order chi connectivity index (χ1) is 16.5. The molecule has 2 aliphatic heterocycles. The van der Waals surface area contributed by atoms with Crippen molar-refractivity contribution in [2.24, 2.45) is 11.8 Å². The number of benzene rings is 1. The molecule has 4 heterocycles. The molecule has 3 aliphatic rings. The van der Waals surface area contributed by atoms with Crippen molar-refractivity contribution in [3.63, 3.8) is 0 Å². The van der Waals surface area contributed by atoms with Crippen LogP contribution in [0.2, 0.25) is 0 Å². The molecule has 2 unspecified atom stereocenters. The predicted molar refractivity (Wildman–Crippen MR) is 114 cm³/mol. The van der Waals surface area contributed by atoms with Crippen LogP contribution in [0.15, 0.2) is 36.7 Å². The molecule has 6 rings (SSSR count). The Labute approximate surface area is 192 Å². The van der Waals surface area contributed by atoms with E-state index in [1.165, 1.54) is 11.1 Å². The van der Waals surface area contributed by atoms with Crippen LogP contribution in [-0.2, 0) is 16.6 Å². The lowest BCUT2D eigenvalue weighted by atomic mass is 9.89. The highest BCUT2D eigenvalue weighted by molar-refractivity contribution is 5.90. The number of fused-ring (bicyclic) bond motifs is 1. The van der Waals surface area contributed by atoms with Crippen LogP contribution in [0.5, 0.6) is 0 Å². The molecule has 3 aromatic rings. The zero-order valence-electron chi connectivity index (χ0n) is 17.8. The van der Waals surface area contributed by atoms with Crippen molar-refractivity contribution in [1.29, 1.82) is 5.26 Å². The number of nitrogens with one attached hydrogen (secondary N) is 2. The van der Waals surface area contributed by atoms with Crippen molar-refractivity contribution in [3.8, 4) is 17.2 Å². The second kappa shape index (κ2) is 7.56. The number of anilines is 1.